The number of nitrogens with zero attached hydrogens (tertiary/aromatic N) is 5. The van der Waals surface area contributed by atoms with Crippen LogP contribution in [0.3, 0.4) is 0 Å². The van der Waals surface area contributed by atoms with E-state index >= 15 is 0 Å². The van der Waals surface area contributed by atoms with E-state index in [2.05, 4.69) is 19.9 Å². The quantitative estimate of drug-likeness (QED) is 0.787. The van der Waals surface area contributed by atoms with E-state index in [-0.39, 0.29) is 0 Å². The normalized spacial score (nSPS) is 10.2. The molecule has 2 N–H and O–H groups in total. The first-order valence-electron chi connectivity index (χ1n) is 6.49. The average Bonchev–Trinajstić information content (AvgIpc) is 2.57. The fourth-order valence-corrected chi connectivity index (χ4v) is 1.96. The van der Waals surface area contributed by atoms with E-state index in [1.807, 2.05) is 6.07 Å². The van der Waals surface area contributed by atoms with Crippen molar-refractivity contribution in [3.63, 3.8) is 0 Å². The Bertz CT molecular complexity index is 739. The smallest absolute Gasteiger partial charge is 0.248 e. The molecule has 0 aliphatic heterocycles. The fraction of sp³-hybridized carbons (Fsp3) is 0. The summed E-state index contributed by atoms with van der Waals surface area (Å²) in [7, 11) is 0. The van der Waals surface area contributed by atoms with Crippen molar-refractivity contribution in [2.45, 2.75) is 0 Å². The lowest BCUT2D eigenvalue weighted by atomic mass is 10.2. The first kappa shape index (κ1) is 13.6. The molecule has 2 aromatic heterocycles. The number of aromatic nitrogens is 4. The second-order valence-corrected chi connectivity index (χ2v) is 4.36. The monoisotopic (exact) mass is 292 g/mol. The molecule has 0 unspecified atom stereocenters. The van der Waals surface area contributed by atoms with Gasteiger partial charge in [0.05, 0.1) is 11.9 Å². The number of primary amides is 1. The number of nitrogens with two attached hydrogens (primary N) is 1. The van der Waals surface area contributed by atoms with Crippen LogP contribution in [0.2, 0.25) is 0 Å². The summed E-state index contributed by atoms with van der Waals surface area (Å²) in [4.78, 5) is 29.9. The molecule has 0 spiro atoms. The number of hydrogen-bond donors (Lipinski definition) is 1. The number of amides is 1. The molecule has 2 heterocycles. The summed E-state index contributed by atoms with van der Waals surface area (Å²) in [6.07, 6.45) is 8.00. The minimum absolute atomic E-state index is 0.391. The van der Waals surface area contributed by atoms with Crippen LogP contribution < -0.4 is 10.6 Å². The number of benzene rings is 1. The van der Waals surface area contributed by atoms with E-state index < -0.39 is 5.91 Å². The Balaban J connectivity index is 2.14. The molecule has 0 atom stereocenters. The zero-order valence-corrected chi connectivity index (χ0v) is 11.5. The SMILES string of the molecule is NC(=O)c1cccc(N(c2cnccn2)c2ncccn2)c1. The van der Waals surface area contributed by atoms with E-state index in [1.54, 1.807) is 60.1 Å². The summed E-state index contributed by atoms with van der Waals surface area (Å²) < 4.78 is 0. The van der Waals surface area contributed by atoms with Crippen LogP contribution in [0.5, 0.6) is 0 Å². The highest BCUT2D eigenvalue weighted by atomic mass is 16.1. The molecule has 0 bridgehead atoms. The van der Waals surface area contributed by atoms with Gasteiger partial charge in [-0.2, -0.15) is 0 Å². The highest BCUT2D eigenvalue weighted by Gasteiger charge is 2.17. The van der Waals surface area contributed by atoms with E-state index in [9.17, 15) is 4.79 Å². The number of carbonyl (C=O) groups is 1. The average molecular weight is 292 g/mol. The van der Waals surface area contributed by atoms with Crippen molar-refractivity contribution in [2.75, 3.05) is 4.90 Å². The Hall–Kier alpha value is -3.35. The van der Waals surface area contributed by atoms with Crippen LogP contribution in [-0.4, -0.2) is 25.8 Å². The molecule has 0 aliphatic rings. The van der Waals surface area contributed by atoms with Crippen molar-refractivity contribution in [1.82, 2.24) is 19.9 Å². The number of anilines is 3. The van der Waals surface area contributed by atoms with Gasteiger partial charge >= 0.3 is 0 Å². The summed E-state index contributed by atoms with van der Waals surface area (Å²) in [5.74, 6) is 0.454. The molecule has 22 heavy (non-hydrogen) atoms. The Morgan fingerprint density at radius 2 is 1.82 bits per heavy atom. The van der Waals surface area contributed by atoms with Crippen LogP contribution in [-0.2, 0) is 0 Å². The molecule has 108 valence electrons. The summed E-state index contributed by atoms with van der Waals surface area (Å²) in [6.45, 7) is 0. The third-order valence-electron chi connectivity index (χ3n) is 2.92. The summed E-state index contributed by atoms with van der Waals surface area (Å²) in [6, 6.07) is 8.58. The van der Waals surface area contributed by atoms with Gasteiger partial charge in [-0.15, -0.1) is 0 Å². The maximum atomic E-state index is 11.4. The molecule has 3 rings (SSSR count). The third kappa shape index (κ3) is 2.73. The van der Waals surface area contributed by atoms with Gasteiger partial charge in [-0.3, -0.25) is 14.7 Å². The lowest BCUT2D eigenvalue weighted by molar-refractivity contribution is 0.100. The van der Waals surface area contributed by atoms with Crippen molar-refractivity contribution < 1.29 is 4.79 Å². The van der Waals surface area contributed by atoms with Crippen LogP contribution in [0.15, 0.2) is 61.3 Å². The van der Waals surface area contributed by atoms with Crippen LogP contribution in [0, 0.1) is 0 Å². The first-order chi connectivity index (χ1) is 10.8. The van der Waals surface area contributed by atoms with Crippen molar-refractivity contribution >= 4 is 23.4 Å². The number of rotatable bonds is 4. The van der Waals surface area contributed by atoms with Gasteiger partial charge in [-0.1, -0.05) is 6.07 Å². The zero-order chi connectivity index (χ0) is 15.4. The standard InChI is InChI=1S/C15H12N6O/c16-14(22)11-3-1-4-12(9-11)21(13-10-17-7-8-18-13)15-19-5-2-6-20-15/h1-10H,(H2,16,22). The number of carbonyl (C=O) groups excluding carboxylic acids is 1. The highest BCUT2D eigenvalue weighted by molar-refractivity contribution is 5.94. The lowest BCUT2D eigenvalue weighted by Gasteiger charge is -2.21. The Morgan fingerprint density at radius 1 is 1.00 bits per heavy atom. The maximum Gasteiger partial charge on any atom is 0.248 e. The fourth-order valence-electron chi connectivity index (χ4n) is 1.96. The van der Waals surface area contributed by atoms with Gasteiger partial charge in [0.25, 0.3) is 0 Å². The molecule has 1 aromatic carbocycles. The summed E-state index contributed by atoms with van der Waals surface area (Å²) in [5.41, 5.74) is 6.40. The molecule has 0 radical (unpaired) electrons. The molecular formula is C15H12N6O. The second-order valence-electron chi connectivity index (χ2n) is 4.36. The Kier molecular flexibility index (Phi) is 3.69. The largest absolute Gasteiger partial charge is 0.366 e. The van der Waals surface area contributed by atoms with Gasteiger partial charge in [0.15, 0.2) is 5.82 Å². The molecule has 0 saturated carbocycles. The van der Waals surface area contributed by atoms with Gasteiger partial charge < -0.3 is 5.73 Å². The molecule has 1 amide bonds. The molecule has 7 heteroatoms. The van der Waals surface area contributed by atoms with E-state index in [0.29, 0.717) is 23.0 Å². The highest BCUT2D eigenvalue weighted by Crippen LogP contribution is 2.29. The van der Waals surface area contributed by atoms with Gasteiger partial charge in [0.2, 0.25) is 11.9 Å². The number of hydrogen-bond acceptors (Lipinski definition) is 6. The second kappa shape index (κ2) is 5.96. The predicted molar refractivity (Wildman–Crippen MR) is 80.8 cm³/mol. The van der Waals surface area contributed by atoms with E-state index in [0.717, 1.165) is 0 Å². The molecule has 0 saturated heterocycles. The van der Waals surface area contributed by atoms with Crippen molar-refractivity contribution in [3.8, 4) is 0 Å². The summed E-state index contributed by atoms with van der Waals surface area (Å²) >= 11 is 0. The summed E-state index contributed by atoms with van der Waals surface area (Å²) in [5, 5.41) is 0. The van der Waals surface area contributed by atoms with Gasteiger partial charge in [-0.25, -0.2) is 15.0 Å². The van der Waals surface area contributed by atoms with E-state index in [4.69, 9.17) is 5.73 Å². The molecule has 3 aromatic rings. The minimum atomic E-state index is -0.505. The lowest BCUT2D eigenvalue weighted by Crippen LogP contribution is -2.16. The third-order valence-corrected chi connectivity index (χ3v) is 2.92. The van der Waals surface area contributed by atoms with Crippen molar-refractivity contribution in [3.05, 3.63) is 66.9 Å². The van der Waals surface area contributed by atoms with Crippen LogP contribution in [0.4, 0.5) is 17.5 Å². The van der Waals surface area contributed by atoms with Gasteiger partial charge in [0.1, 0.15) is 0 Å². The minimum Gasteiger partial charge on any atom is -0.366 e. The van der Waals surface area contributed by atoms with Crippen LogP contribution in [0.25, 0.3) is 0 Å². The predicted octanol–water partition coefficient (Wildman–Crippen LogP) is 1.84. The first-order valence-corrected chi connectivity index (χ1v) is 6.49. The molecule has 7 nitrogen and oxygen atoms in total. The van der Waals surface area contributed by atoms with Crippen molar-refractivity contribution in [1.29, 1.82) is 0 Å². The molecular weight excluding hydrogens is 280 g/mol. The molecule has 0 aliphatic carbocycles. The van der Waals surface area contributed by atoms with Crippen molar-refractivity contribution in [2.24, 2.45) is 5.73 Å². The van der Waals surface area contributed by atoms with Crippen LogP contribution in [0.1, 0.15) is 10.4 Å². The Morgan fingerprint density at radius 3 is 2.50 bits per heavy atom. The maximum absolute atomic E-state index is 11.4. The van der Waals surface area contributed by atoms with Crippen LogP contribution >= 0.6 is 0 Å². The topological polar surface area (TPSA) is 97.9 Å². The van der Waals surface area contributed by atoms with Gasteiger partial charge in [-0.05, 0) is 24.3 Å². The van der Waals surface area contributed by atoms with E-state index in [1.165, 1.54) is 0 Å². The zero-order valence-electron chi connectivity index (χ0n) is 11.5. The van der Waals surface area contributed by atoms with Gasteiger partial charge in [0, 0.05) is 30.4 Å². The molecule has 0 fully saturated rings. The Labute approximate surface area is 126 Å².